The fraction of sp³-hybridized carbons (Fsp3) is 0.500. The number of alkyl halides is 2. The first-order chi connectivity index (χ1) is 12.8. The van der Waals surface area contributed by atoms with Crippen molar-refractivity contribution in [3.05, 3.63) is 40.5 Å². The van der Waals surface area contributed by atoms with Crippen molar-refractivity contribution in [3.63, 3.8) is 0 Å². The first-order valence-corrected chi connectivity index (χ1v) is 10.0. The van der Waals surface area contributed by atoms with Crippen LogP contribution in [-0.4, -0.2) is 40.8 Å². The number of benzene rings is 1. The topological polar surface area (TPSA) is 59.2 Å². The number of nitrogens with two attached hydrogens (primary N) is 1. The van der Waals surface area contributed by atoms with E-state index in [-0.39, 0.29) is 70.2 Å². The summed E-state index contributed by atoms with van der Waals surface area (Å²) in [5.41, 5.74) is 8.38. The molecule has 4 nitrogen and oxygen atoms in total. The lowest BCUT2D eigenvalue weighted by molar-refractivity contribution is -0.00586. The van der Waals surface area contributed by atoms with Crippen LogP contribution in [0, 0.1) is 25.7 Å². The van der Waals surface area contributed by atoms with Crippen LogP contribution in [0.1, 0.15) is 33.9 Å². The summed E-state index contributed by atoms with van der Waals surface area (Å²) in [6.45, 7) is 4.42. The van der Waals surface area contributed by atoms with Gasteiger partial charge in [-0.25, -0.2) is 13.8 Å². The molecule has 2 aliphatic rings. The number of rotatable bonds is 3. The monoisotopic (exact) mass is 459 g/mol. The molecule has 0 radical (unpaired) electrons. The van der Waals surface area contributed by atoms with E-state index in [1.807, 2.05) is 38.1 Å². The number of hydrogen-bond donors (Lipinski definition) is 1. The van der Waals surface area contributed by atoms with Crippen molar-refractivity contribution < 1.29 is 13.6 Å². The minimum Gasteiger partial charge on any atom is -0.332 e. The van der Waals surface area contributed by atoms with E-state index in [9.17, 15) is 13.6 Å². The number of carbonyl (C=O) groups is 1. The molecule has 1 aliphatic heterocycles. The summed E-state index contributed by atoms with van der Waals surface area (Å²) in [4.78, 5) is 20.3. The molecular formula is C20H27F2N3OS3. The standard InChI is InChI=1S/C20H23F2N3OS.2H2S/c1-11-4-3-5-13(6-11)18-17(24-12(2)27-18)19(26)25-10-14-7-20(21,22)8-15(14)16(25)9-23;;/h3-6,14-16H,7-10,23H2,1-2H3;2*1H2/t14-,15-,16+;;/m0../s1. The van der Waals surface area contributed by atoms with Gasteiger partial charge in [0.05, 0.1) is 9.88 Å². The van der Waals surface area contributed by atoms with Crippen LogP contribution >= 0.6 is 38.3 Å². The lowest BCUT2D eigenvalue weighted by Crippen LogP contribution is -2.43. The molecule has 0 spiro atoms. The van der Waals surface area contributed by atoms with Gasteiger partial charge >= 0.3 is 0 Å². The zero-order valence-corrected chi connectivity index (χ0v) is 19.2. The zero-order valence-electron chi connectivity index (χ0n) is 16.4. The van der Waals surface area contributed by atoms with Gasteiger partial charge in [-0.1, -0.05) is 29.8 Å². The third-order valence-corrected chi connectivity index (χ3v) is 6.77. The van der Waals surface area contributed by atoms with Crippen LogP contribution in [-0.2, 0) is 0 Å². The number of aryl methyl sites for hydroxylation is 2. The van der Waals surface area contributed by atoms with Gasteiger partial charge in [0.1, 0.15) is 5.69 Å². The number of amides is 1. The highest BCUT2D eigenvalue weighted by Crippen LogP contribution is 2.50. The highest BCUT2D eigenvalue weighted by Gasteiger charge is 2.55. The summed E-state index contributed by atoms with van der Waals surface area (Å²) in [7, 11) is 0. The minimum absolute atomic E-state index is 0. The summed E-state index contributed by atoms with van der Waals surface area (Å²) in [6.07, 6.45) is -0.330. The average Bonchev–Trinajstić information content (AvgIpc) is 3.23. The zero-order chi connectivity index (χ0) is 19.3. The molecule has 2 fully saturated rings. The molecule has 2 N–H and O–H groups in total. The van der Waals surface area contributed by atoms with Crippen molar-refractivity contribution in [1.29, 1.82) is 0 Å². The summed E-state index contributed by atoms with van der Waals surface area (Å²) >= 11 is 1.48. The molecule has 160 valence electrons. The Labute approximate surface area is 187 Å². The highest BCUT2D eigenvalue weighted by atomic mass is 32.1. The maximum absolute atomic E-state index is 13.8. The minimum atomic E-state index is -2.64. The second-order valence-corrected chi connectivity index (χ2v) is 8.93. The normalized spacial score (nSPS) is 24.6. The van der Waals surface area contributed by atoms with Crippen LogP contribution in [0.4, 0.5) is 8.78 Å². The molecule has 1 aromatic heterocycles. The van der Waals surface area contributed by atoms with Crippen molar-refractivity contribution in [3.8, 4) is 10.4 Å². The Morgan fingerprint density at radius 3 is 2.69 bits per heavy atom. The molecule has 4 rings (SSSR count). The SMILES string of the molecule is Cc1cccc(-c2sc(C)nc2C(=O)N2C[C@@H]3CC(F)(F)C[C@@H]3[C@H]2CN)c1.S.S. The van der Waals surface area contributed by atoms with Crippen LogP contribution in [0.3, 0.4) is 0 Å². The van der Waals surface area contributed by atoms with Crippen molar-refractivity contribution in [1.82, 2.24) is 9.88 Å². The molecule has 1 aromatic carbocycles. The Kier molecular flexibility index (Phi) is 7.41. The van der Waals surface area contributed by atoms with Crippen LogP contribution < -0.4 is 5.73 Å². The molecule has 9 heteroatoms. The van der Waals surface area contributed by atoms with Gasteiger partial charge in [-0.15, -0.1) is 11.3 Å². The second kappa shape index (κ2) is 8.91. The first-order valence-electron chi connectivity index (χ1n) is 9.22. The van der Waals surface area contributed by atoms with Gasteiger partial charge in [0.2, 0.25) is 5.92 Å². The van der Waals surface area contributed by atoms with E-state index < -0.39 is 5.92 Å². The lowest BCUT2D eigenvalue weighted by Gasteiger charge is -2.27. The molecule has 1 saturated heterocycles. The molecule has 0 unspecified atom stereocenters. The Bertz CT molecular complexity index is 890. The quantitative estimate of drug-likeness (QED) is 0.752. The molecule has 1 aliphatic carbocycles. The predicted molar refractivity (Wildman–Crippen MR) is 123 cm³/mol. The summed E-state index contributed by atoms with van der Waals surface area (Å²) in [5.74, 6) is -3.23. The largest absolute Gasteiger partial charge is 0.332 e. The Morgan fingerprint density at radius 2 is 2.03 bits per heavy atom. The lowest BCUT2D eigenvalue weighted by atomic mass is 9.94. The van der Waals surface area contributed by atoms with Crippen molar-refractivity contribution in [2.24, 2.45) is 17.6 Å². The number of carbonyl (C=O) groups excluding carboxylic acids is 1. The third kappa shape index (κ3) is 4.47. The van der Waals surface area contributed by atoms with E-state index in [1.54, 1.807) is 4.90 Å². The van der Waals surface area contributed by atoms with Crippen LogP contribution in [0.15, 0.2) is 24.3 Å². The number of thiazole rings is 1. The van der Waals surface area contributed by atoms with Gasteiger partial charge in [0.25, 0.3) is 5.91 Å². The highest BCUT2D eigenvalue weighted by molar-refractivity contribution is 7.59. The smallest absolute Gasteiger partial charge is 0.274 e. The van der Waals surface area contributed by atoms with E-state index in [0.717, 1.165) is 21.0 Å². The van der Waals surface area contributed by atoms with Gasteiger partial charge < -0.3 is 10.6 Å². The van der Waals surface area contributed by atoms with E-state index in [4.69, 9.17) is 5.73 Å². The van der Waals surface area contributed by atoms with Gasteiger partial charge in [-0.3, -0.25) is 4.79 Å². The maximum atomic E-state index is 13.8. The van der Waals surface area contributed by atoms with Gasteiger partial charge in [0.15, 0.2) is 0 Å². The van der Waals surface area contributed by atoms with Gasteiger partial charge in [-0.05, 0) is 31.2 Å². The van der Waals surface area contributed by atoms with Crippen molar-refractivity contribution in [2.45, 2.75) is 38.7 Å². The van der Waals surface area contributed by atoms with E-state index in [0.29, 0.717) is 12.2 Å². The van der Waals surface area contributed by atoms with E-state index >= 15 is 0 Å². The van der Waals surface area contributed by atoms with Crippen LogP contribution in [0.2, 0.25) is 0 Å². The molecule has 2 heterocycles. The number of aromatic nitrogens is 1. The van der Waals surface area contributed by atoms with E-state index in [2.05, 4.69) is 4.98 Å². The number of hydrogen-bond acceptors (Lipinski definition) is 4. The number of fused-ring (bicyclic) bond motifs is 1. The summed E-state index contributed by atoms with van der Waals surface area (Å²) < 4.78 is 27.6. The van der Waals surface area contributed by atoms with Crippen LogP contribution in [0.5, 0.6) is 0 Å². The van der Waals surface area contributed by atoms with Crippen LogP contribution in [0.25, 0.3) is 10.4 Å². The summed E-state index contributed by atoms with van der Waals surface area (Å²) in [5, 5.41) is 0.810. The van der Waals surface area contributed by atoms with Gasteiger partial charge in [-0.2, -0.15) is 27.0 Å². The first kappa shape index (κ1) is 24.1. The molecule has 1 saturated carbocycles. The predicted octanol–water partition coefficient (Wildman–Crippen LogP) is 4.10. The van der Waals surface area contributed by atoms with Gasteiger partial charge in [0, 0.05) is 32.0 Å². The second-order valence-electron chi connectivity index (χ2n) is 7.73. The maximum Gasteiger partial charge on any atom is 0.274 e. The molecule has 0 bridgehead atoms. The third-order valence-electron chi connectivity index (χ3n) is 5.75. The molecule has 2 aromatic rings. The summed E-state index contributed by atoms with van der Waals surface area (Å²) in [6, 6.07) is 7.62. The Morgan fingerprint density at radius 1 is 1.31 bits per heavy atom. The Balaban J connectivity index is 0.00000150. The van der Waals surface area contributed by atoms with Crippen molar-refractivity contribution >= 4 is 44.2 Å². The fourth-order valence-electron chi connectivity index (χ4n) is 4.62. The fourth-order valence-corrected chi connectivity index (χ4v) is 5.53. The molecular weight excluding hydrogens is 432 g/mol. The molecule has 3 atom stereocenters. The van der Waals surface area contributed by atoms with E-state index in [1.165, 1.54) is 11.3 Å². The average molecular weight is 460 g/mol. The molecule has 1 amide bonds. The molecule has 29 heavy (non-hydrogen) atoms. The number of halogens is 2. The Hall–Kier alpha value is -1.16. The number of likely N-dealkylation sites (tertiary alicyclic amines) is 1. The number of nitrogens with zero attached hydrogens (tertiary/aromatic N) is 2. The van der Waals surface area contributed by atoms with Crippen molar-refractivity contribution in [2.75, 3.05) is 13.1 Å².